The smallest absolute Gasteiger partial charge is 0.107 e. The summed E-state index contributed by atoms with van der Waals surface area (Å²) in [5.41, 5.74) is 1.36. The van der Waals surface area contributed by atoms with Crippen molar-refractivity contribution in [3.63, 3.8) is 0 Å². The van der Waals surface area contributed by atoms with E-state index in [-0.39, 0.29) is 5.54 Å². The minimum atomic E-state index is 0.150. The van der Waals surface area contributed by atoms with Crippen LogP contribution in [0.4, 0.5) is 0 Å². The molecule has 0 amide bonds. The minimum Gasteiger partial charge on any atom is -0.306 e. The number of thiazole rings is 1. The van der Waals surface area contributed by atoms with Crippen molar-refractivity contribution in [3.05, 3.63) is 16.1 Å². The molecular weight excluding hydrogens is 280 g/mol. The molecule has 1 aromatic rings. The van der Waals surface area contributed by atoms with Crippen molar-refractivity contribution >= 4 is 11.3 Å². The van der Waals surface area contributed by atoms with Crippen LogP contribution in [0, 0.1) is 5.92 Å². The van der Waals surface area contributed by atoms with Gasteiger partial charge >= 0.3 is 0 Å². The van der Waals surface area contributed by atoms with Crippen molar-refractivity contribution in [3.8, 4) is 0 Å². The van der Waals surface area contributed by atoms with E-state index in [9.17, 15) is 0 Å². The van der Waals surface area contributed by atoms with Crippen molar-refractivity contribution in [1.82, 2.24) is 20.1 Å². The van der Waals surface area contributed by atoms with Crippen LogP contribution in [0.5, 0.6) is 0 Å². The average Bonchev–Trinajstić information content (AvgIpc) is 2.95. The normalized spacial score (nSPS) is 20.6. The quantitative estimate of drug-likeness (QED) is 0.874. The summed E-state index contributed by atoms with van der Waals surface area (Å²) in [6, 6.07) is 0. The Kier molecular flexibility index (Phi) is 5.77. The summed E-state index contributed by atoms with van der Waals surface area (Å²) in [6.45, 7) is 12.1. The molecule has 0 bridgehead atoms. The number of nitrogens with zero attached hydrogens (tertiary/aromatic N) is 3. The Bertz CT molecular complexity index is 438. The van der Waals surface area contributed by atoms with Gasteiger partial charge in [-0.25, -0.2) is 4.98 Å². The van der Waals surface area contributed by atoms with Crippen molar-refractivity contribution in [2.24, 2.45) is 5.92 Å². The van der Waals surface area contributed by atoms with E-state index in [2.05, 4.69) is 55.4 Å². The molecule has 1 saturated heterocycles. The highest BCUT2D eigenvalue weighted by Crippen LogP contribution is 2.17. The summed E-state index contributed by atoms with van der Waals surface area (Å²) < 4.78 is 0. The number of hydrogen-bond acceptors (Lipinski definition) is 5. The molecule has 2 rings (SSSR count). The molecule has 1 N–H and O–H groups in total. The third-order valence-electron chi connectivity index (χ3n) is 3.86. The molecule has 1 fully saturated rings. The lowest BCUT2D eigenvalue weighted by molar-refractivity contribution is 0.265. The summed E-state index contributed by atoms with van der Waals surface area (Å²) in [5, 5.41) is 6.89. The predicted octanol–water partition coefficient (Wildman–Crippen LogP) is 2.41. The first-order valence-electron chi connectivity index (χ1n) is 7.87. The molecule has 4 nitrogen and oxygen atoms in total. The highest BCUT2D eigenvalue weighted by molar-refractivity contribution is 7.09. The molecule has 1 atom stereocenters. The SMILES string of the molecule is CN1CCC(CN(C)Cc2csc(CNC(C)(C)C)n2)C1. The van der Waals surface area contributed by atoms with Gasteiger partial charge in [-0.05, 0) is 53.8 Å². The first-order chi connectivity index (χ1) is 9.82. The van der Waals surface area contributed by atoms with Crippen molar-refractivity contribution in [2.75, 3.05) is 33.7 Å². The Labute approximate surface area is 133 Å². The minimum absolute atomic E-state index is 0.150. The number of likely N-dealkylation sites (tertiary alicyclic amines) is 1. The maximum atomic E-state index is 4.75. The predicted molar refractivity (Wildman–Crippen MR) is 90.6 cm³/mol. The van der Waals surface area contributed by atoms with Gasteiger partial charge in [0.05, 0.1) is 5.69 Å². The van der Waals surface area contributed by atoms with Crippen LogP contribution in [-0.2, 0) is 13.1 Å². The molecule has 2 heterocycles. The zero-order chi connectivity index (χ0) is 15.5. The number of nitrogens with one attached hydrogen (secondary N) is 1. The summed E-state index contributed by atoms with van der Waals surface area (Å²) in [7, 11) is 4.43. The standard InChI is InChI=1S/C16H30N4S/c1-16(2,3)17-8-15-18-14(12-21-15)11-20(5)10-13-6-7-19(4)9-13/h12-13,17H,6-11H2,1-5H3. The van der Waals surface area contributed by atoms with Crippen LogP contribution < -0.4 is 5.32 Å². The van der Waals surface area contributed by atoms with Crippen LogP contribution >= 0.6 is 11.3 Å². The van der Waals surface area contributed by atoms with Gasteiger partial charge in [0.1, 0.15) is 5.01 Å². The van der Waals surface area contributed by atoms with Crippen molar-refractivity contribution < 1.29 is 0 Å². The Balaban J connectivity index is 1.76. The highest BCUT2D eigenvalue weighted by atomic mass is 32.1. The fraction of sp³-hybridized carbons (Fsp3) is 0.812. The summed E-state index contributed by atoms with van der Waals surface area (Å²) in [4.78, 5) is 9.59. The van der Waals surface area contributed by atoms with Crippen LogP contribution in [0.3, 0.4) is 0 Å². The molecule has 0 radical (unpaired) electrons. The lowest BCUT2D eigenvalue weighted by atomic mass is 10.1. The molecule has 1 aromatic heterocycles. The van der Waals surface area contributed by atoms with E-state index in [1.54, 1.807) is 11.3 Å². The average molecular weight is 311 g/mol. The van der Waals surface area contributed by atoms with Gasteiger partial charge in [-0.3, -0.25) is 0 Å². The van der Waals surface area contributed by atoms with Gasteiger partial charge in [0.15, 0.2) is 0 Å². The monoisotopic (exact) mass is 310 g/mol. The first-order valence-corrected chi connectivity index (χ1v) is 8.75. The van der Waals surface area contributed by atoms with E-state index >= 15 is 0 Å². The molecule has 21 heavy (non-hydrogen) atoms. The van der Waals surface area contributed by atoms with Crippen molar-refractivity contribution in [1.29, 1.82) is 0 Å². The van der Waals surface area contributed by atoms with E-state index in [0.717, 1.165) is 19.0 Å². The Hall–Kier alpha value is -0.490. The number of hydrogen-bond donors (Lipinski definition) is 1. The van der Waals surface area contributed by atoms with Gasteiger partial charge < -0.3 is 15.1 Å². The van der Waals surface area contributed by atoms with Gasteiger partial charge in [-0.15, -0.1) is 11.3 Å². The van der Waals surface area contributed by atoms with E-state index in [1.807, 2.05) is 0 Å². The summed E-state index contributed by atoms with van der Waals surface area (Å²) >= 11 is 1.77. The number of aromatic nitrogens is 1. The van der Waals surface area contributed by atoms with Crippen LogP contribution in [-0.4, -0.2) is 54.1 Å². The van der Waals surface area contributed by atoms with E-state index in [0.29, 0.717) is 0 Å². The molecule has 1 aliphatic heterocycles. The zero-order valence-electron chi connectivity index (χ0n) is 14.1. The molecule has 0 saturated carbocycles. The maximum absolute atomic E-state index is 4.75. The van der Waals surface area contributed by atoms with E-state index in [1.165, 1.54) is 36.8 Å². The second kappa shape index (κ2) is 7.18. The number of rotatable bonds is 6. The molecule has 1 aliphatic rings. The van der Waals surface area contributed by atoms with Gasteiger partial charge in [-0.2, -0.15) is 0 Å². The zero-order valence-corrected chi connectivity index (χ0v) is 15.0. The highest BCUT2D eigenvalue weighted by Gasteiger charge is 2.21. The second-order valence-electron chi connectivity index (χ2n) is 7.45. The summed E-state index contributed by atoms with van der Waals surface area (Å²) in [6.07, 6.45) is 1.33. The molecular formula is C16H30N4S. The van der Waals surface area contributed by atoms with E-state index in [4.69, 9.17) is 4.98 Å². The van der Waals surface area contributed by atoms with Gasteiger partial charge in [0.25, 0.3) is 0 Å². The van der Waals surface area contributed by atoms with Crippen LogP contribution in [0.2, 0.25) is 0 Å². The van der Waals surface area contributed by atoms with Gasteiger partial charge in [0, 0.05) is 37.1 Å². The van der Waals surface area contributed by atoms with Crippen LogP contribution in [0.15, 0.2) is 5.38 Å². The molecule has 120 valence electrons. The molecule has 1 unspecified atom stereocenters. The Morgan fingerprint density at radius 1 is 1.48 bits per heavy atom. The molecule has 0 aliphatic carbocycles. The maximum Gasteiger partial charge on any atom is 0.107 e. The Morgan fingerprint density at radius 2 is 2.24 bits per heavy atom. The molecule has 0 aromatic carbocycles. The molecule has 5 heteroatoms. The Morgan fingerprint density at radius 3 is 2.86 bits per heavy atom. The van der Waals surface area contributed by atoms with Crippen LogP contribution in [0.1, 0.15) is 37.9 Å². The molecule has 0 spiro atoms. The fourth-order valence-electron chi connectivity index (χ4n) is 2.80. The third-order valence-corrected chi connectivity index (χ3v) is 4.76. The summed E-state index contributed by atoms with van der Waals surface area (Å²) in [5.74, 6) is 0.820. The first kappa shape index (κ1) is 16.9. The third kappa shape index (κ3) is 6.02. The second-order valence-corrected chi connectivity index (χ2v) is 8.39. The lowest BCUT2D eigenvalue weighted by Gasteiger charge is -2.20. The topological polar surface area (TPSA) is 31.4 Å². The van der Waals surface area contributed by atoms with Crippen LogP contribution in [0.25, 0.3) is 0 Å². The largest absolute Gasteiger partial charge is 0.306 e. The van der Waals surface area contributed by atoms with Gasteiger partial charge in [0.2, 0.25) is 0 Å². The van der Waals surface area contributed by atoms with Gasteiger partial charge in [-0.1, -0.05) is 0 Å². The van der Waals surface area contributed by atoms with E-state index < -0.39 is 0 Å². The lowest BCUT2D eigenvalue weighted by Crippen LogP contribution is -2.35. The fourth-order valence-corrected chi connectivity index (χ4v) is 3.53. The van der Waals surface area contributed by atoms with Crippen molar-refractivity contribution in [2.45, 2.75) is 45.8 Å².